The van der Waals surface area contributed by atoms with Crippen LogP contribution in [0.25, 0.3) is 0 Å². The number of rotatable bonds is 4. The fraction of sp³-hybridized carbons (Fsp3) is 0.263. The lowest BCUT2D eigenvalue weighted by atomic mass is 10.00. The number of carbonyl (C=O) groups excluding carboxylic acids is 1. The zero-order valence-corrected chi connectivity index (χ0v) is 17.8. The summed E-state index contributed by atoms with van der Waals surface area (Å²) in [4.78, 5) is 12.9. The molecule has 0 spiro atoms. The maximum atomic E-state index is 12.5. The molecule has 1 atom stereocenters. The van der Waals surface area contributed by atoms with E-state index in [1.807, 2.05) is 6.92 Å². The molecule has 0 fully saturated rings. The van der Waals surface area contributed by atoms with E-state index in [9.17, 15) is 21.6 Å². The van der Waals surface area contributed by atoms with Gasteiger partial charge in [-0.05, 0) is 42.0 Å². The average molecular weight is 436 g/mol. The minimum atomic E-state index is -3.30. The minimum Gasteiger partial charge on any atom is -0.306 e. The highest BCUT2D eigenvalue weighted by atomic mass is 32.2. The molecular weight excluding hydrogens is 414 g/mol. The van der Waals surface area contributed by atoms with E-state index in [2.05, 4.69) is 10.4 Å². The van der Waals surface area contributed by atoms with Crippen molar-refractivity contribution in [3.8, 4) is 0 Å². The molecule has 2 aromatic rings. The molecule has 0 radical (unpaired) electrons. The second kappa shape index (κ2) is 7.60. The van der Waals surface area contributed by atoms with E-state index in [1.54, 1.807) is 12.1 Å². The summed E-state index contributed by atoms with van der Waals surface area (Å²) in [6.07, 6.45) is 2.26. The Bertz CT molecular complexity index is 1170. The zero-order chi connectivity index (χ0) is 21.4. The summed E-state index contributed by atoms with van der Waals surface area (Å²) in [5, 5.41) is 8.37. The summed E-state index contributed by atoms with van der Waals surface area (Å²) in [6.45, 7) is 2.30. The maximum absolute atomic E-state index is 12.5. The van der Waals surface area contributed by atoms with E-state index in [-0.39, 0.29) is 15.7 Å². The first-order valence-electron chi connectivity index (χ1n) is 8.73. The quantitative estimate of drug-likeness (QED) is 0.792. The van der Waals surface area contributed by atoms with Crippen molar-refractivity contribution in [2.24, 2.45) is 11.0 Å². The number of benzene rings is 2. The summed E-state index contributed by atoms with van der Waals surface area (Å²) in [6, 6.07) is 11.8. The van der Waals surface area contributed by atoms with Crippen LogP contribution in [0, 0.1) is 5.92 Å². The van der Waals surface area contributed by atoms with Gasteiger partial charge in [-0.3, -0.25) is 0 Å². The first-order valence-corrected chi connectivity index (χ1v) is 12.5. The largest absolute Gasteiger partial charge is 0.342 e. The van der Waals surface area contributed by atoms with Crippen molar-refractivity contribution in [1.29, 1.82) is 0 Å². The van der Waals surface area contributed by atoms with E-state index in [0.29, 0.717) is 17.9 Å². The van der Waals surface area contributed by atoms with Crippen LogP contribution in [0.2, 0.25) is 0 Å². The van der Waals surface area contributed by atoms with Gasteiger partial charge in [0.15, 0.2) is 19.7 Å². The Labute approximate surface area is 170 Å². The van der Waals surface area contributed by atoms with Gasteiger partial charge < -0.3 is 5.32 Å². The van der Waals surface area contributed by atoms with E-state index in [1.165, 1.54) is 41.4 Å². The molecule has 1 aliphatic heterocycles. The Morgan fingerprint density at radius 2 is 1.41 bits per heavy atom. The SMILES string of the molecule is CC1CN(C(=O)Nc2ccc(S(C)(=O)=O)cc2)N=C1c1ccc(S(C)(=O)=O)cc1. The average Bonchev–Trinajstić information content (AvgIpc) is 3.03. The summed E-state index contributed by atoms with van der Waals surface area (Å²) in [7, 11) is -6.58. The Hall–Kier alpha value is -2.72. The predicted molar refractivity (Wildman–Crippen MR) is 111 cm³/mol. The number of amides is 2. The van der Waals surface area contributed by atoms with Crippen molar-refractivity contribution in [3.63, 3.8) is 0 Å². The van der Waals surface area contributed by atoms with Crippen LogP contribution in [0.15, 0.2) is 63.4 Å². The Kier molecular flexibility index (Phi) is 5.50. The molecule has 0 aromatic heterocycles. The van der Waals surface area contributed by atoms with Crippen molar-refractivity contribution >= 4 is 37.1 Å². The smallest absolute Gasteiger partial charge is 0.306 e. The Balaban J connectivity index is 1.75. The van der Waals surface area contributed by atoms with Gasteiger partial charge in [0, 0.05) is 24.1 Å². The van der Waals surface area contributed by atoms with E-state index >= 15 is 0 Å². The molecule has 2 aromatic carbocycles. The lowest BCUT2D eigenvalue weighted by Crippen LogP contribution is -2.30. The number of urea groups is 1. The molecule has 10 heteroatoms. The van der Waals surface area contributed by atoms with E-state index < -0.39 is 25.7 Å². The van der Waals surface area contributed by atoms with E-state index in [4.69, 9.17) is 0 Å². The molecule has 0 saturated heterocycles. The topological polar surface area (TPSA) is 113 Å². The third kappa shape index (κ3) is 4.83. The molecule has 0 saturated carbocycles. The second-order valence-electron chi connectivity index (χ2n) is 6.99. The highest BCUT2D eigenvalue weighted by Crippen LogP contribution is 2.22. The Morgan fingerprint density at radius 1 is 0.931 bits per heavy atom. The van der Waals surface area contributed by atoms with Gasteiger partial charge in [-0.25, -0.2) is 26.6 Å². The normalized spacial score (nSPS) is 17.1. The number of nitrogens with zero attached hydrogens (tertiary/aromatic N) is 2. The van der Waals surface area contributed by atoms with Gasteiger partial charge in [0.25, 0.3) is 0 Å². The van der Waals surface area contributed by atoms with Crippen molar-refractivity contribution in [2.75, 3.05) is 24.4 Å². The third-order valence-corrected chi connectivity index (χ3v) is 6.75. The third-order valence-electron chi connectivity index (χ3n) is 4.49. The van der Waals surface area contributed by atoms with Gasteiger partial charge in [0.1, 0.15) is 0 Å². The minimum absolute atomic E-state index is 0.0301. The van der Waals surface area contributed by atoms with Gasteiger partial charge in [0.05, 0.1) is 22.0 Å². The molecule has 3 rings (SSSR count). The van der Waals surface area contributed by atoms with Crippen molar-refractivity contribution in [2.45, 2.75) is 16.7 Å². The van der Waals surface area contributed by atoms with Gasteiger partial charge in [-0.1, -0.05) is 19.1 Å². The number of hydrazone groups is 1. The molecule has 1 heterocycles. The fourth-order valence-electron chi connectivity index (χ4n) is 2.93. The number of hydrogen-bond acceptors (Lipinski definition) is 6. The molecular formula is C19H21N3O5S2. The predicted octanol–water partition coefficient (Wildman–Crippen LogP) is 2.38. The molecule has 2 amide bonds. The van der Waals surface area contributed by atoms with Crippen LogP contribution in [-0.2, 0) is 19.7 Å². The first-order chi connectivity index (χ1) is 13.4. The maximum Gasteiger partial charge on any atom is 0.342 e. The molecule has 1 N–H and O–H groups in total. The standard InChI is InChI=1S/C19H21N3O5S2/c1-13-12-22(19(23)20-15-6-10-17(11-7-15)29(3,26)27)21-18(13)14-4-8-16(9-5-14)28(2,24)25/h4-11,13H,12H2,1-3H3,(H,20,23). The number of carbonyl (C=O) groups is 1. The monoisotopic (exact) mass is 435 g/mol. The number of nitrogens with one attached hydrogen (secondary N) is 1. The van der Waals surface area contributed by atoms with Gasteiger partial charge >= 0.3 is 6.03 Å². The van der Waals surface area contributed by atoms with Crippen LogP contribution < -0.4 is 5.32 Å². The molecule has 0 aliphatic carbocycles. The molecule has 29 heavy (non-hydrogen) atoms. The number of anilines is 1. The Morgan fingerprint density at radius 3 is 1.90 bits per heavy atom. The molecule has 1 unspecified atom stereocenters. The summed E-state index contributed by atoms with van der Waals surface area (Å²) >= 11 is 0. The molecule has 8 nitrogen and oxygen atoms in total. The second-order valence-corrected chi connectivity index (χ2v) is 11.0. The van der Waals surface area contributed by atoms with Crippen molar-refractivity contribution < 1.29 is 21.6 Å². The lowest BCUT2D eigenvalue weighted by molar-refractivity contribution is 0.216. The number of hydrogen-bond donors (Lipinski definition) is 1. The van der Waals surface area contributed by atoms with Gasteiger partial charge in [-0.2, -0.15) is 5.10 Å². The highest BCUT2D eigenvalue weighted by molar-refractivity contribution is 7.91. The molecule has 0 bridgehead atoms. The fourth-order valence-corrected chi connectivity index (χ4v) is 4.19. The van der Waals surface area contributed by atoms with Crippen LogP contribution in [0.3, 0.4) is 0 Å². The van der Waals surface area contributed by atoms with Crippen LogP contribution in [0.4, 0.5) is 10.5 Å². The van der Waals surface area contributed by atoms with Crippen molar-refractivity contribution in [3.05, 3.63) is 54.1 Å². The number of sulfone groups is 2. The first kappa shape index (κ1) is 21.0. The van der Waals surface area contributed by atoms with Crippen molar-refractivity contribution in [1.82, 2.24) is 5.01 Å². The van der Waals surface area contributed by atoms with Gasteiger partial charge in [0.2, 0.25) is 0 Å². The lowest BCUT2D eigenvalue weighted by Gasteiger charge is -2.13. The van der Waals surface area contributed by atoms with Crippen LogP contribution >= 0.6 is 0 Å². The van der Waals surface area contributed by atoms with Crippen LogP contribution in [0.1, 0.15) is 12.5 Å². The van der Waals surface area contributed by atoms with Crippen LogP contribution in [-0.4, -0.2) is 52.6 Å². The zero-order valence-electron chi connectivity index (χ0n) is 16.2. The van der Waals surface area contributed by atoms with E-state index in [0.717, 1.165) is 18.1 Å². The summed E-state index contributed by atoms with van der Waals surface area (Å²) in [5.74, 6) is -0.0301. The highest BCUT2D eigenvalue weighted by Gasteiger charge is 2.28. The summed E-state index contributed by atoms with van der Waals surface area (Å²) < 4.78 is 46.2. The summed E-state index contributed by atoms with van der Waals surface area (Å²) in [5.41, 5.74) is 1.89. The molecule has 154 valence electrons. The van der Waals surface area contributed by atoms with Crippen LogP contribution in [0.5, 0.6) is 0 Å². The molecule has 1 aliphatic rings. The van der Waals surface area contributed by atoms with Gasteiger partial charge in [-0.15, -0.1) is 0 Å².